The maximum atomic E-state index is 12.9. The van der Waals surface area contributed by atoms with Gasteiger partial charge in [0.1, 0.15) is 5.82 Å². The van der Waals surface area contributed by atoms with Gasteiger partial charge < -0.3 is 4.90 Å². The molecule has 5 heteroatoms. The molecule has 100 valence electrons. The molecule has 0 bridgehead atoms. The second kappa shape index (κ2) is 5.82. The molecule has 3 N–H and O–H groups in total. The second-order valence-corrected chi connectivity index (χ2v) is 4.85. The Bertz CT molecular complexity index is 403. The van der Waals surface area contributed by atoms with Crippen molar-refractivity contribution in [2.75, 3.05) is 18.0 Å². The number of hydrazine groups is 1. The van der Waals surface area contributed by atoms with E-state index in [1.807, 2.05) is 25.7 Å². The van der Waals surface area contributed by atoms with Crippen LogP contribution in [0.15, 0.2) is 24.3 Å². The molecule has 0 aliphatic rings. The van der Waals surface area contributed by atoms with E-state index in [9.17, 15) is 9.18 Å². The molecule has 0 aliphatic heterocycles. The Morgan fingerprint density at radius 2 is 1.94 bits per heavy atom. The first-order chi connectivity index (χ1) is 8.40. The second-order valence-electron chi connectivity index (χ2n) is 4.85. The summed E-state index contributed by atoms with van der Waals surface area (Å²) >= 11 is 0. The molecule has 0 atom stereocenters. The molecular formula is C13H20FN3O. The Hall–Kier alpha value is -1.62. The molecule has 0 fully saturated rings. The fraction of sp³-hybridized carbons (Fsp3) is 0.462. The molecule has 1 aromatic rings. The number of halogens is 1. The van der Waals surface area contributed by atoms with Gasteiger partial charge >= 0.3 is 0 Å². The minimum absolute atomic E-state index is 0.219. The van der Waals surface area contributed by atoms with Crippen molar-refractivity contribution in [3.8, 4) is 0 Å². The zero-order chi connectivity index (χ0) is 13.8. The molecule has 18 heavy (non-hydrogen) atoms. The molecule has 0 saturated carbocycles. The third-order valence-electron chi connectivity index (χ3n) is 2.91. The van der Waals surface area contributed by atoms with Gasteiger partial charge in [0.05, 0.1) is 5.41 Å². The zero-order valence-corrected chi connectivity index (χ0v) is 11.0. The van der Waals surface area contributed by atoms with Crippen LogP contribution < -0.4 is 16.2 Å². The largest absolute Gasteiger partial charge is 0.371 e. The van der Waals surface area contributed by atoms with E-state index >= 15 is 0 Å². The highest BCUT2D eigenvalue weighted by atomic mass is 19.1. The normalized spacial score (nSPS) is 11.2. The van der Waals surface area contributed by atoms with Gasteiger partial charge in [0.15, 0.2) is 0 Å². The summed E-state index contributed by atoms with van der Waals surface area (Å²) in [5, 5.41) is 0. The molecule has 0 radical (unpaired) electrons. The first-order valence-electron chi connectivity index (χ1n) is 5.92. The average molecular weight is 253 g/mol. The van der Waals surface area contributed by atoms with Crippen LogP contribution in [0.5, 0.6) is 0 Å². The Kier molecular flexibility index (Phi) is 4.67. The van der Waals surface area contributed by atoms with Crippen LogP contribution in [0.1, 0.15) is 20.8 Å². The topological polar surface area (TPSA) is 58.4 Å². The molecule has 0 spiro atoms. The predicted molar refractivity (Wildman–Crippen MR) is 70.4 cm³/mol. The molecule has 4 nitrogen and oxygen atoms in total. The number of nitrogens with two attached hydrogens (primary N) is 1. The molecule has 0 unspecified atom stereocenters. The SMILES string of the molecule is CCN(CC(C)(C)C(=O)NN)c1ccc(F)cc1. The highest BCUT2D eigenvalue weighted by Crippen LogP contribution is 2.22. The van der Waals surface area contributed by atoms with Gasteiger partial charge in [-0.3, -0.25) is 10.2 Å². The number of hydrogen-bond acceptors (Lipinski definition) is 3. The Morgan fingerprint density at radius 1 is 1.39 bits per heavy atom. The zero-order valence-electron chi connectivity index (χ0n) is 11.0. The molecule has 0 aromatic heterocycles. The van der Waals surface area contributed by atoms with Gasteiger partial charge in [-0.15, -0.1) is 0 Å². The standard InChI is InChI=1S/C13H20FN3O/c1-4-17(9-13(2,3)12(18)16-15)11-7-5-10(14)6-8-11/h5-8H,4,9,15H2,1-3H3,(H,16,18). The Morgan fingerprint density at radius 3 is 2.39 bits per heavy atom. The number of nitrogens with zero attached hydrogens (tertiary/aromatic N) is 1. The quantitative estimate of drug-likeness (QED) is 0.477. The van der Waals surface area contributed by atoms with Crippen LogP contribution >= 0.6 is 0 Å². The van der Waals surface area contributed by atoms with E-state index in [4.69, 9.17) is 5.84 Å². The fourth-order valence-electron chi connectivity index (χ4n) is 1.78. The summed E-state index contributed by atoms with van der Waals surface area (Å²) in [5.74, 6) is 4.68. The smallest absolute Gasteiger partial charge is 0.241 e. The summed E-state index contributed by atoms with van der Waals surface area (Å²) in [4.78, 5) is 13.7. The maximum Gasteiger partial charge on any atom is 0.241 e. The number of anilines is 1. The van der Waals surface area contributed by atoms with Crippen LogP contribution in [0.3, 0.4) is 0 Å². The molecule has 0 saturated heterocycles. The van der Waals surface area contributed by atoms with Crippen molar-refractivity contribution in [3.05, 3.63) is 30.1 Å². The van der Waals surface area contributed by atoms with Crippen LogP contribution in [0.2, 0.25) is 0 Å². The van der Waals surface area contributed by atoms with Crippen molar-refractivity contribution < 1.29 is 9.18 Å². The van der Waals surface area contributed by atoms with Crippen molar-refractivity contribution >= 4 is 11.6 Å². The number of amides is 1. The van der Waals surface area contributed by atoms with Crippen molar-refractivity contribution in [1.82, 2.24) is 5.43 Å². The van der Waals surface area contributed by atoms with Crippen LogP contribution in [-0.4, -0.2) is 19.0 Å². The number of hydrogen-bond donors (Lipinski definition) is 2. The van der Waals surface area contributed by atoms with E-state index in [1.165, 1.54) is 12.1 Å². The monoisotopic (exact) mass is 253 g/mol. The minimum atomic E-state index is -0.612. The predicted octanol–water partition coefficient (Wildman–Crippen LogP) is 1.67. The van der Waals surface area contributed by atoms with Crippen LogP contribution in [0.25, 0.3) is 0 Å². The third-order valence-corrected chi connectivity index (χ3v) is 2.91. The Labute approximate surface area is 107 Å². The van der Waals surface area contributed by atoms with Crippen LogP contribution in [0, 0.1) is 11.2 Å². The van der Waals surface area contributed by atoms with E-state index in [0.717, 1.165) is 12.2 Å². The lowest BCUT2D eigenvalue weighted by molar-refractivity contribution is -0.128. The van der Waals surface area contributed by atoms with E-state index in [2.05, 4.69) is 5.43 Å². The minimum Gasteiger partial charge on any atom is -0.371 e. The highest BCUT2D eigenvalue weighted by molar-refractivity contribution is 5.82. The van der Waals surface area contributed by atoms with Crippen LogP contribution in [0.4, 0.5) is 10.1 Å². The summed E-state index contributed by atoms with van der Waals surface area (Å²) in [6, 6.07) is 6.23. The molecule has 1 rings (SSSR count). The number of rotatable bonds is 5. The van der Waals surface area contributed by atoms with E-state index in [1.54, 1.807) is 12.1 Å². The Balaban J connectivity index is 2.85. The molecule has 1 amide bonds. The number of carbonyl (C=O) groups excluding carboxylic acids is 1. The number of carbonyl (C=O) groups is 1. The summed E-state index contributed by atoms with van der Waals surface area (Å²) in [6.45, 7) is 6.87. The number of benzene rings is 1. The van der Waals surface area contributed by atoms with Gasteiger partial charge in [-0.2, -0.15) is 0 Å². The average Bonchev–Trinajstić information content (AvgIpc) is 2.36. The summed E-state index contributed by atoms with van der Waals surface area (Å²) in [6.07, 6.45) is 0. The molecule has 0 heterocycles. The number of nitrogens with one attached hydrogen (secondary N) is 1. The van der Waals surface area contributed by atoms with Gasteiger partial charge in [0.25, 0.3) is 0 Å². The lowest BCUT2D eigenvalue weighted by atomic mass is 9.91. The summed E-state index contributed by atoms with van der Waals surface area (Å²) in [7, 11) is 0. The summed E-state index contributed by atoms with van der Waals surface area (Å²) in [5.41, 5.74) is 2.44. The van der Waals surface area contributed by atoms with Gasteiger partial charge in [0, 0.05) is 18.8 Å². The van der Waals surface area contributed by atoms with Crippen molar-refractivity contribution in [3.63, 3.8) is 0 Å². The third kappa shape index (κ3) is 3.43. The fourth-order valence-corrected chi connectivity index (χ4v) is 1.78. The van der Waals surface area contributed by atoms with E-state index in [0.29, 0.717) is 6.54 Å². The van der Waals surface area contributed by atoms with Gasteiger partial charge in [-0.1, -0.05) is 0 Å². The lowest BCUT2D eigenvalue weighted by Gasteiger charge is -2.32. The maximum absolute atomic E-state index is 12.9. The highest BCUT2D eigenvalue weighted by Gasteiger charge is 2.29. The van der Waals surface area contributed by atoms with E-state index in [-0.39, 0.29) is 11.7 Å². The first kappa shape index (κ1) is 14.4. The first-order valence-corrected chi connectivity index (χ1v) is 5.92. The lowest BCUT2D eigenvalue weighted by Crippen LogP contribution is -2.47. The van der Waals surface area contributed by atoms with Gasteiger partial charge in [-0.05, 0) is 45.0 Å². The van der Waals surface area contributed by atoms with Crippen molar-refractivity contribution in [2.24, 2.45) is 11.3 Å². The van der Waals surface area contributed by atoms with Crippen molar-refractivity contribution in [2.45, 2.75) is 20.8 Å². The van der Waals surface area contributed by atoms with Gasteiger partial charge in [-0.25, -0.2) is 10.2 Å². The van der Waals surface area contributed by atoms with Crippen molar-refractivity contribution in [1.29, 1.82) is 0 Å². The van der Waals surface area contributed by atoms with Crippen LogP contribution in [-0.2, 0) is 4.79 Å². The van der Waals surface area contributed by atoms with E-state index < -0.39 is 5.41 Å². The summed E-state index contributed by atoms with van der Waals surface area (Å²) < 4.78 is 12.9. The molecule has 1 aromatic carbocycles. The molecule has 0 aliphatic carbocycles. The van der Waals surface area contributed by atoms with Gasteiger partial charge in [0.2, 0.25) is 5.91 Å². The molecular weight excluding hydrogens is 233 g/mol.